The Hall–Kier alpha value is -1.22. The molecule has 0 aliphatic heterocycles. The summed E-state index contributed by atoms with van der Waals surface area (Å²) in [6.07, 6.45) is 0. The van der Waals surface area contributed by atoms with Crippen molar-refractivity contribution >= 4 is 17.6 Å². The molecule has 0 saturated carbocycles. The van der Waals surface area contributed by atoms with Crippen molar-refractivity contribution < 1.29 is 14.3 Å². The number of halogens is 1. The van der Waals surface area contributed by atoms with E-state index in [1.54, 1.807) is 13.8 Å². The van der Waals surface area contributed by atoms with Crippen molar-refractivity contribution in [2.24, 2.45) is 5.41 Å². The standard InChI is InChI=1S/C16H23ClO3/c1-10(2)12-8-14(11(3)7-13(12)17)20-9-16(4,5)15(18)19-6/h7-8,10H,9H2,1-6H3. The van der Waals surface area contributed by atoms with Crippen molar-refractivity contribution in [2.75, 3.05) is 13.7 Å². The van der Waals surface area contributed by atoms with Crippen molar-refractivity contribution in [1.29, 1.82) is 0 Å². The van der Waals surface area contributed by atoms with Crippen molar-refractivity contribution in [3.8, 4) is 5.75 Å². The Labute approximate surface area is 126 Å². The van der Waals surface area contributed by atoms with Gasteiger partial charge in [-0.05, 0) is 49.9 Å². The molecule has 0 spiro atoms. The monoisotopic (exact) mass is 298 g/mol. The molecule has 0 N–H and O–H groups in total. The molecule has 20 heavy (non-hydrogen) atoms. The molecular formula is C16H23ClO3. The van der Waals surface area contributed by atoms with Crippen LogP contribution in [0, 0.1) is 12.3 Å². The predicted molar refractivity (Wildman–Crippen MR) is 81.6 cm³/mol. The third kappa shape index (κ3) is 3.89. The lowest BCUT2D eigenvalue weighted by Crippen LogP contribution is -2.32. The molecule has 1 aromatic rings. The van der Waals surface area contributed by atoms with E-state index in [2.05, 4.69) is 13.8 Å². The molecule has 0 fully saturated rings. The Morgan fingerprint density at radius 1 is 1.35 bits per heavy atom. The minimum Gasteiger partial charge on any atom is -0.492 e. The van der Waals surface area contributed by atoms with Crippen LogP contribution in [0.25, 0.3) is 0 Å². The van der Waals surface area contributed by atoms with Gasteiger partial charge in [-0.15, -0.1) is 0 Å². The maximum absolute atomic E-state index is 11.6. The topological polar surface area (TPSA) is 35.5 Å². The normalized spacial score (nSPS) is 11.6. The second-order valence-electron chi connectivity index (χ2n) is 5.96. The highest BCUT2D eigenvalue weighted by atomic mass is 35.5. The van der Waals surface area contributed by atoms with E-state index in [4.69, 9.17) is 21.1 Å². The Balaban J connectivity index is 2.93. The Morgan fingerprint density at radius 2 is 1.95 bits per heavy atom. The van der Waals surface area contributed by atoms with Crippen molar-refractivity contribution in [2.45, 2.75) is 40.5 Å². The Bertz CT molecular complexity index is 493. The lowest BCUT2D eigenvalue weighted by Gasteiger charge is -2.23. The van der Waals surface area contributed by atoms with E-state index in [0.717, 1.165) is 21.9 Å². The summed E-state index contributed by atoms with van der Waals surface area (Å²) in [5.41, 5.74) is 1.32. The summed E-state index contributed by atoms with van der Waals surface area (Å²) in [6.45, 7) is 9.97. The minimum absolute atomic E-state index is 0.264. The molecule has 0 aromatic heterocycles. The summed E-state index contributed by atoms with van der Waals surface area (Å²) in [7, 11) is 1.38. The summed E-state index contributed by atoms with van der Waals surface area (Å²) in [5, 5.41) is 0.747. The number of rotatable bonds is 5. The zero-order valence-electron chi connectivity index (χ0n) is 13.0. The average molecular weight is 299 g/mol. The molecule has 0 bridgehead atoms. The molecule has 4 heteroatoms. The first-order chi connectivity index (χ1) is 9.19. The van der Waals surface area contributed by atoms with E-state index in [0.29, 0.717) is 5.92 Å². The number of esters is 1. The summed E-state index contributed by atoms with van der Waals surface area (Å²) in [6, 6.07) is 3.85. The highest BCUT2D eigenvalue weighted by Crippen LogP contribution is 2.32. The zero-order chi connectivity index (χ0) is 15.5. The van der Waals surface area contributed by atoms with Crippen LogP contribution >= 0.6 is 11.6 Å². The summed E-state index contributed by atoms with van der Waals surface area (Å²) in [5.74, 6) is 0.794. The summed E-state index contributed by atoms with van der Waals surface area (Å²) >= 11 is 6.23. The van der Waals surface area contributed by atoms with Gasteiger partial charge in [-0.1, -0.05) is 25.4 Å². The first kappa shape index (κ1) is 16.8. The quantitative estimate of drug-likeness (QED) is 0.758. The number of methoxy groups -OCH3 is 1. The fourth-order valence-electron chi connectivity index (χ4n) is 1.86. The van der Waals surface area contributed by atoms with Crippen LogP contribution in [-0.4, -0.2) is 19.7 Å². The molecule has 1 rings (SSSR count). The lowest BCUT2D eigenvalue weighted by atomic mass is 9.95. The van der Waals surface area contributed by atoms with Crippen molar-refractivity contribution in [3.63, 3.8) is 0 Å². The molecule has 0 radical (unpaired) electrons. The van der Waals surface area contributed by atoms with Gasteiger partial charge in [0.2, 0.25) is 0 Å². The van der Waals surface area contributed by atoms with Crippen LogP contribution in [0.3, 0.4) is 0 Å². The molecule has 1 aromatic carbocycles. The van der Waals surface area contributed by atoms with Gasteiger partial charge in [-0.25, -0.2) is 0 Å². The van der Waals surface area contributed by atoms with E-state index in [9.17, 15) is 4.79 Å². The van der Waals surface area contributed by atoms with Crippen LogP contribution in [0.15, 0.2) is 12.1 Å². The number of hydrogen-bond acceptors (Lipinski definition) is 3. The largest absolute Gasteiger partial charge is 0.492 e. The molecule has 112 valence electrons. The summed E-state index contributed by atoms with van der Waals surface area (Å²) < 4.78 is 10.6. The number of hydrogen-bond donors (Lipinski definition) is 0. The first-order valence-electron chi connectivity index (χ1n) is 6.70. The van der Waals surface area contributed by atoms with Gasteiger partial charge in [0.15, 0.2) is 0 Å². The van der Waals surface area contributed by atoms with Gasteiger partial charge in [-0.3, -0.25) is 4.79 Å². The van der Waals surface area contributed by atoms with Gasteiger partial charge in [0, 0.05) is 5.02 Å². The van der Waals surface area contributed by atoms with Gasteiger partial charge < -0.3 is 9.47 Å². The number of carbonyl (C=O) groups excluding carboxylic acids is 1. The molecule has 0 unspecified atom stereocenters. The number of ether oxygens (including phenoxy) is 2. The van der Waals surface area contributed by atoms with Gasteiger partial charge in [0.1, 0.15) is 12.4 Å². The van der Waals surface area contributed by atoms with E-state index >= 15 is 0 Å². The van der Waals surface area contributed by atoms with E-state index in [1.165, 1.54) is 7.11 Å². The predicted octanol–water partition coefficient (Wildman–Crippen LogP) is 4.35. The van der Waals surface area contributed by atoms with Crippen LogP contribution in [0.4, 0.5) is 0 Å². The zero-order valence-corrected chi connectivity index (χ0v) is 13.8. The number of aryl methyl sites for hydroxylation is 1. The van der Waals surface area contributed by atoms with Gasteiger partial charge in [-0.2, -0.15) is 0 Å². The van der Waals surface area contributed by atoms with E-state index < -0.39 is 5.41 Å². The second kappa shape index (κ2) is 6.49. The number of carbonyl (C=O) groups is 1. The number of benzene rings is 1. The highest BCUT2D eigenvalue weighted by molar-refractivity contribution is 6.31. The molecular weight excluding hydrogens is 276 g/mol. The molecule has 0 saturated heterocycles. The van der Waals surface area contributed by atoms with Crippen molar-refractivity contribution in [1.82, 2.24) is 0 Å². The fourth-order valence-corrected chi connectivity index (χ4v) is 2.30. The fraction of sp³-hybridized carbons (Fsp3) is 0.562. The summed E-state index contributed by atoms with van der Waals surface area (Å²) in [4.78, 5) is 11.6. The van der Waals surface area contributed by atoms with Crippen LogP contribution in [0.2, 0.25) is 5.02 Å². The minimum atomic E-state index is -0.682. The molecule has 0 aliphatic rings. The molecule has 0 aliphatic carbocycles. The average Bonchev–Trinajstić information content (AvgIpc) is 2.36. The maximum Gasteiger partial charge on any atom is 0.314 e. The van der Waals surface area contributed by atoms with Crippen LogP contribution in [-0.2, 0) is 9.53 Å². The van der Waals surface area contributed by atoms with E-state index in [-0.39, 0.29) is 12.6 Å². The lowest BCUT2D eigenvalue weighted by molar-refractivity contribution is -0.152. The molecule has 0 atom stereocenters. The Kier molecular flexibility index (Phi) is 5.46. The van der Waals surface area contributed by atoms with Gasteiger partial charge in [0.05, 0.1) is 12.5 Å². The SMILES string of the molecule is COC(=O)C(C)(C)COc1cc(C(C)C)c(Cl)cc1C. The molecule has 0 heterocycles. The van der Waals surface area contributed by atoms with Gasteiger partial charge >= 0.3 is 5.97 Å². The van der Waals surface area contributed by atoms with Crippen LogP contribution < -0.4 is 4.74 Å². The van der Waals surface area contributed by atoms with Crippen molar-refractivity contribution in [3.05, 3.63) is 28.3 Å². The molecule has 0 amide bonds. The van der Waals surface area contributed by atoms with Gasteiger partial charge in [0.25, 0.3) is 0 Å². The first-order valence-corrected chi connectivity index (χ1v) is 7.08. The highest BCUT2D eigenvalue weighted by Gasteiger charge is 2.30. The van der Waals surface area contributed by atoms with Crippen LogP contribution in [0.5, 0.6) is 5.75 Å². The van der Waals surface area contributed by atoms with Crippen LogP contribution in [0.1, 0.15) is 44.7 Å². The smallest absolute Gasteiger partial charge is 0.314 e. The molecule has 3 nitrogen and oxygen atoms in total. The second-order valence-corrected chi connectivity index (χ2v) is 6.37. The van der Waals surface area contributed by atoms with E-state index in [1.807, 2.05) is 19.1 Å². The maximum atomic E-state index is 11.6. The third-order valence-corrected chi connectivity index (χ3v) is 3.57. The Morgan fingerprint density at radius 3 is 2.45 bits per heavy atom. The third-order valence-electron chi connectivity index (χ3n) is 3.24.